The van der Waals surface area contributed by atoms with E-state index in [0.29, 0.717) is 17.4 Å². The first kappa shape index (κ1) is 18.9. The molecule has 0 spiro atoms. The van der Waals surface area contributed by atoms with Gasteiger partial charge >= 0.3 is 0 Å². The van der Waals surface area contributed by atoms with Crippen LogP contribution in [-0.2, 0) is 18.8 Å². The molecular formula is C21H22ClN7O. The maximum absolute atomic E-state index is 6.13. The zero-order valence-corrected chi connectivity index (χ0v) is 17.5. The molecule has 2 N–H and O–H groups in total. The molecule has 4 aromatic rings. The van der Waals surface area contributed by atoms with Crippen molar-refractivity contribution in [2.75, 3.05) is 23.8 Å². The summed E-state index contributed by atoms with van der Waals surface area (Å²) in [6.45, 7) is 1.49. The number of rotatable bonds is 5. The van der Waals surface area contributed by atoms with Crippen LogP contribution in [-0.4, -0.2) is 43.8 Å². The second-order valence-corrected chi connectivity index (χ2v) is 7.88. The Kier molecular flexibility index (Phi) is 4.80. The van der Waals surface area contributed by atoms with Crippen LogP contribution >= 0.6 is 11.6 Å². The van der Waals surface area contributed by atoms with Gasteiger partial charge in [0.25, 0.3) is 0 Å². The summed E-state index contributed by atoms with van der Waals surface area (Å²) in [5, 5.41) is 17.6. The number of aryl methyl sites for hydroxylation is 2. The number of pyridine rings is 1. The predicted molar refractivity (Wildman–Crippen MR) is 118 cm³/mol. The van der Waals surface area contributed by atoms with Crippen molar-refractivity contribution in [1.29, 1.82) is 0 Å². The molecule has 1 fully saturated rings. The molecule has 1 atom stereocenters. The van der Waals surface area contributed by atoms with E-state index in [1.807, 2.05) is 56.7 Å². The van der Waals surface area contributed by atoms with Crippen LogP contribution in [0, 0.1) is 0 Å². The molecule has 1 aromatic carbocycles. The summed E-state index contributed by atoms with van der Waals surface area (Å²) >= 11 is 6.13. The first-order valence-electron chi connectivity index (χ1n) is 9.81. The molecule has 0 bridgehead atoms. The van der Waals surface area contributed by atoms with Crippen molar-refractivity contribution < 1.29 is 4.74 Å². The SMILES string of the molecule is Cn1nc(-c2cccc(Cl)c2)cc1Nc1cc(N[C@H]2CCOC2)c2cnn(C)c2n1. The molecule has 0 radical (unpaired) electrons. The van der Waals surface area contributed by atoms with E-state index in [4.69, 9.17) is 21.3 Å². The van der Waals surface area contributed by atoms with Crippen molar-refractivity contribution in [1.82, 2.24) is 24.5 Å². The van der Waals surface area contributed by atoms with E-state index in [9.17, 15) is 0 Å². The smallest absolute Gasteiger partial charge is 0.161 e. The quantitative estimate of drug-likeness (QED) is 0.505. The minimum absolute atomic E-state index is 0.287. The lowest BCUT2D eigenvalue weighted by Crippen LogP contribution is -2.19. The van der Waals surface area contributed by atoms with Crippen molar-refractivity contribution in [2.24, 2.45) is 14.1 Å². The van der Waals surface area contributed by atoms with E-state index in [2.05, 4.69) is 20.8 Å². The number of nitrogens with one attached hydrogen (secondary N) is 2. The van der Waals surface area contributed by atoms with Gasteiger partial charge in [0.05, 0.1) is 35.6 Å². The predicted octanol–water partition coefficient (Wildman–Crippen LogP) is 3.97. The second kappa shape index (κ2) is 7.62. The summed E-state index contributed by atoms with van der Waals surface area (Å²) < 4.78 is 9.08. The second-order valence-electron chi connectivity index (χ2n) is 7.44. The lowest BCUT2D eigenvalue weighted by molar-refractivity contribution is 0.195. The number of hydrogen-bond acceptors (Lipinski definition) is 6. The van der Waals surface area contributed by atoms with Crippen molar-refractivity contribution >= 4 is 40.0 Å². The minimum atomic E-state index is 0.287. The Morgan fingerprint density at radius 1 is 1.17 bits per heavy atom. The van der Waals surface area contributed by atoms with E-state index in [0.717, 1.165) is 46.8 Å². The van der Waals surface area contributed by atoms with Crippen LogP contribution in [0.4, 0.5) is 17.3 Å². The molecule has 1 aliphatic heterocycles. The van der Waals surface area contributed by atoms with Crippen LogP contribution < -0.4 is 10.6 Å². The van der Waals surface area contributed by atoms with Crippen molar-refractivity contribution in [2.45, 2.75) is 12.5 Å². The Hall–Kier alpha value is -3.10. The normalized spacial score (nSPS) is 16.3. The number of hydrogen-bond donors (Lipinski definition) is 2. The molecule has 4 heterocycles. The standard InChI is InChI=1S/C21H22ClN7O/c1-28-20(10-17(27-28)13-4-3-5-14(22)8-13)25-19-9-18(24-15-6-7-30-12-15)16-11-23-29(2)21(16)26-19/h3-5,8-11,15H,6-7,12H2,1-2H3,(H2,24,25,26)/t15-/m0/s1. The third-order valence-electron chi connectivity index (χ3n) is 5.25. The Morgan fingerprint density at radius 3 is 2.87 bits per heavy atom. The number of benzene rings is 1. The molecule has 30 heavy (non-hydrogen) atoms. The highest BCUT2D eigenvalue weighted by Gasteiger charge is 2.18. The van der Waals surface area contributed by atoms with Crippen LogP contribution in [0.1, 0.15) is 6.42 Å². The fourth-order valence-corrected chi connectivity index (χ4v) is 3.86. The van der Waals surface area contributed by atoms with Gasteiger partial charge in [-0.15, -0.1) is 0 Å². The zero-order chi connectivity index (χ0) is 20.7. The molecule has 0 aliphatic carbocycles. The summed E-state index contributed by atoms with van der Waals surface area (Å²) in [7, 11) is 3.79. The molecule has 154 valence electrons. The highest BCUT2D eigenvalue weighted by Crippen LogP contribution is 2.30. The fourth-order valence-electron chi connectivity index (χ4n) is 3.67. The van der Waals surface area contributed by atoms with Gasteiger partial charge in [-0.3, -0.25) is 9.36 Å². The summed E-state index contributed by atoms with van der Waals surface area (Å²) in [5.41, 5.74) is 3.59. The summed E-state index contributed by atoms with van der Waals surface area (Å²) in [6, 6.07) is 11.9. The van der Waals surface area contributed by atoms with Crippen LogP contribution in [0.3, 0.4) is 0 Å². The Bertz CT molecular complexity index is 1210. The lowest BCUT2D eigenvalue weighted by Gasteiger charge is -2.15. The number of nitrogens with zero attached hydrogens (tertiary/aromatic N) is 5. The number of fused-ring (bicyclic) bond motifs is 1. The van der Waals surface area contributed by atoms with Gasteiger partial charge in [-0.1, -0.05) is 23.7 Å². The van der Waals surface area contributed by atoms with Gasteiger partial charge in [0, 0.05) is 43.4 Å². The third kappa shape index (κ3) is 3.59. The molecule has 1 saturated heterocycles. The number of ether oxygens (including phenoxy) is 1. The van der Waals surface area contributed by atoms with Gasteiger partial charge in [0.15, 0.2) is 5.65 Å². The maximum Gasteiger partial charge on any atom is 0.161 e. The summed E-state index contributed by atoms with van der Waals surface area (Å²) in [5.74, 6) is 1.54. The van der Waals surface area contributed by atoms with E-state index >= 15 is 0 Å². The van der Waals surface area contributed by atoms with Crippen molar-refractivity contribution in [3.63, 3.8) is 0 Å². The van der Waals surface area contributed by atoms with E-state index in [1.54, 1.807) is 9.36 Å². The number of aromatic nitrogens is 5. The van der Waals surface area contributed by atoms with Crippen LogP contribution in [0.25, 0.3) is 22.3 Å². The third-order valence-corrected chi connectivity index (χ3v) is 5.49. The topological polar surface area (TPSA) is 81.8 Å². The molecule has 0 saturated carbocycles. The van der Waals surface area contributed by atoms with Crippen LogP contribution in [0.15, 0.2) is 42.6 Å². The molecule has 1 aliphatic rings. The summed E-state index contributed by atoms with van der Waals surface area (Å²) in [6.07, 6.45) is 2.82. The zero-order valence-electron chi connectivity index (χ0n) is 16.8. The lowest BCUT2D eigenvalue weighted by atomic mass is 10.1. The van der Waals surface area contributed by atoms with Gasteiger partial charge in [0.2, 0.25) is 0 Å². The monoisotopic (exact) mass is 423 g/mol. The van der Waals surface area contributed by atoms with Gasteiger partial charge in [-0.25, -0.2) is 4.98 Å². The van der Waals surface area contributed by atoms with Gasteiger partial charge in [0.1, 0.15) is 11.6 Å². The van der Waals surface area contributed by atoms with Crippen LogP contribution in [0.2, 0.25) is 5.02 Å². The van der Waals surface area contributed by atoms with Gasteiger partial charge in [-0.2, -0.15) is 10.2 Å². The molecular weight excluding hydrogens is 402 g/mol. The fraction of sp³-hybridized carbons (Fsp3) is 0.286. The minimum Gasteiger partial charge on any atom is -0.379 e. The Balaban J connectivity index is 1.48. The average molecular weight is 424 g/mol. The number of halogens is 1. The highest BCUT2D eigenvalue weighted by atomic mass is 35.5. The molecule has 0 unspecified atom stereocenters. The Morgan fingerprint density at radius 2 is 2.07 bits per heavy atom. The largest absolute Gasteiger partial charge is 0.379 e. The average Bonchev–Trinajstić information content (AvgIpc) is 3.45. The van der Waals surface area contributed by atoms with E-state index in [1.165, 1.54) is 0 Å². The first-order valence-corrected chi connectivity index (χ1v) is 10.2. The molecule has 8 nitrogen and oxygen atoms in total. The maximum atomic E-state index is 6.13. The molecule has 0 amide bonds. The van der Waals surface area contributed by atoms with Gasteiger partial charge < -0.3 is 15.4 Å². The summed E-state index contributed by atoms with van der Waals surface area (Å²) in [4.78, 5) is 4.76. The van der Waals surface area contributed by atoms with Gasteiger partial charge in [-0.05, 0) is 18.6 Å². The molecule has 5 rings (SSSR count). The Labute approximate surface area is 178 Å². The van der Waals surface area contributed by atoms with Crippen LogP contribution in [0.5, 0.6) is 0 Å². The van der Waals surface area contributed by atoms with Crippen molar-refractivity contribution in [3.8, 4) is 11.3 Å². The van der Waals surface area contributed by atoms with E-state index in [-0.39, 0.29) is 6.04 Å². The first-order chi connectivity index (χ1) is 14.6. The number of anilines is 3. The van der Waals surface area contributed by atoms with Crippen molar-refractivity contribution in [3.05, 3.63) is 47.6 Å². The van der Waals surface area contributed by atoms with E-state index < -0.39 is 0 Å². The molecule has 3 aromatic heterocycles. The molecule has 9 heteroatoms. The highest BCUT2D eigenvalue weighted by molar-refractivity contribution is 6.30.